The van der Waals surface area contributed by atoms with Gasteiger partial charge in [-0.2, -0.15) is 13.2 Å². The van der Waals surface area contributed by atoms with Crippen molar-refractivity contribution < 1.29 is 111 Å². The summed E-state index contributed by atoms with van der Waals surface area (Å²) in [6.45, 7) is 16.6. The number of benzene rings is 2. The topological polar surface area (TPSA) is 457 Å². The number of nitro groups is 1. The maximum absolute atomic E-state index is 15.2. The predicted molar refractivity (Wildman–Crippen MR) is 483 cm³/mol. The van der Waals surface area contributed by atoms with Crippen LogP contribution in [-0.2, 0) is 74.5 Å². The normalized spacial score (nSPS) is 19.7. The molecule has 14 heterocycles. The van der Waals surface area contributed by atoms with Gasteiger partial charge in [0.1, 0.15) is 51.4 Å². The average molecular weight is 2030 g/mol. The molecule has 36 nitrogen and oxygen atoms in total. The van der Waals surface area contributed by atoms with Gasteiger partial charge in [-0.1, -0.05) is 0 Å². The number of ether oxygens (including phenoxy) is 3. The number of carbonyl (C=O) groups is 7. The Hall–Kier alpha value is -14.1. The third-order valence-electron chi connectivity index (χ3n) is 20.9. The van der Waals surface area contributed by atoms with Gasteiger partial charge in [0.2, 0.25) is 11.8 Å². The smallest absolute Gasteiger partial charge is 0.444 e. The molecule has 6 aliphatic heterocycles. The summed E-state index contributed by atoms with van der Waals surface area (Å²) in [5.41, 5.74) is -4.24. The van der Waals surface area contributed by atoms with E-state index < -0.39 is 128 Å². The third kappa shape index (κ3) is 31.2. The van der Waals surface area contributed by atoms with Crippen molar-refractivity contribution in [1.82, 2.24) is 99.2 Å². The molecule has 0 aliphatic carbocycles. The zero-order valence-corrected chi connectivity index (χ0v) is 79.2. The lowest BCUT2D eigenvalue weighted by atomic mass is 10.0. The van der Waals surface area contributed by atoms with E-state index in [0.717, 1.165) is 37.4 Å². The van der Waals surface area contributed by atoms with Gasteiger partial charge in [0, 0.05) is 189 Å². The fourth-order valence-corrected chi connectivity index (χ4v) is 14.5. The Morgan fingerprint density at radius 2 is 0.764 bits per heavy atom. The third-order valence-corrected chi connectivity index (χ3v) is 21.3. The van der Waals surface area contributed by atoms with Gasteiger partial charge in [-0.05, 0) is 157 Å². The Kier molecular flexibility index (Phi) is 37.2. The highest BCUT2D eigenvalue weighted by atomic mass is 79.9. The summed E-state index contributed by atoms with van der Waals surface area (Å²) in [5, 5.41) is 28.9. The van der Waals surface area contributed by atoms with Crippen LogP contribution in [-0.4, -0.2) is 265 Å². The van der Waals surface area contributed by atoms with Crippen LogP contribution in [0.15, 0.2) is 176 Å². The van der Waals surface area contributed by atoms with E-state index >= 15 is 8.78 Å². The van der Waals surface area contributed by atoms with Crippen LogP contribution in [0.5, 0.6) is 0 Å². The Morgan fingerprint density at radius 1 is 0.443 bits per heavy atom. The summed E-state index contributed by atoms with van der Waals surface area (Å²) >= 11 is 3.09. The zero-order chi connectivity index (χ0) is 103. The Bertz CT molecular complexity index is 5810. The molecular formula is C92H102BrF11N22O14. The minimum atomic E-state index is -4.98. The van der Waals surface area contributed by atoms with Gasteiger partial charge in [-0.15, -0.1) is 0 Å². The SMILES string of the molecule is Brc1ncccn1.CC(C)(C)OC(=O)N1CCC(=O)C1.CC(C)(C)OC(=O)N1CCC(F)(c2ncccn2)C1.CC(C)(C)OC(=O)N1CCC(O)(c2ncccn2)C1.CO.Nc1ccc(-c2ccc(F)cc2F)nc1CC(=O)N1CCC(F)(c2ncccn2)C1.O=C(Cc1nc(-c2ccc(F)cc2F)ccc1[N+](=O)[O-])N1CCC(F)(c2ncccn2)C1.O=C(N1CCC(F)(c2ncccn2)C1)C(F)(F)F. The second-order valence-electron chi connectivity index (χ2n) is 35.1. The molecule has 4 N–H and O–H groups in total. The van der Waals surface area contributed by atoms with Gasteiger partial charge < -0.3 is 59.6 Å². The number of aromatic nitrogens is 14. The molecule has 140 heavy (non-hydrogen) atoms. The number of nitrogens with zero attached hydrogens (tertiary/aromatic N) is 21. The molecule has 5 atom stereocenters. The monoisotopic (exact) mass is 2030 g/mol. The minimum absolute atomic E-state index is 0.00912. The highest BCUT2D eigenvalue weighted by Gasteiger charge is 2.52. The van der Waals surface area contributed by atoms with Crippen LogP contribution in [0, 0.1) is 33.4 Å². The number of likely N-dealkylation sites (tertiary alicyclic amines) is 6. The number of pyridine rings is 2. The predicted octanol–water partition coefficient (Wildman–Crippen LogP) is 13.5. The lowest BCUT2D eigenvalue weighted by Gasteiger charge is -2.25. The highest BCUT2D eigenvalue weighted by Crippen LogP contribution is 2.41. The average Bonchev–Trinajstić information content (AvgIpc) is 1.54. The zero-order valence-electron chi connectivity index (χ0n) is 77.6. The minimum Gasteiger partial charge on any atom is -0.444 e. The van der Waals surface area contributed by atoms with Crippen LogP contribution in [0.1, 0.15) is 141 Å². The number of nitrogens with two attached hydrogens (primary N) is 1. The first kappa shape index (κ1) is 110. The number of rotatable bonds is 12. The van der Waals surface area contributed by atoms with Crippen molar-refractivity contribution >= 4 is 69.1 Å². The van der Waals surface area contributed by atoms with Crippen LogP contribution >= 0.6 is 15.9 Å². The van der Waals surface area contributed by atoms with Gasteiger partial charge in [0.25, 0.3) is 5.69 Å². The molecule has 0 radical (unpaired) electrons. The summed E-state index contributed by atoms with van der Waals surface area (Å²) in [6, 6.07) is 21.0. The number of hydrogen-bond acceptors (Lipinski definition) is 29. The molecule has 6 amide bonds. The maximum Gasteiger partial charge on any atom is 0.471 e. The van der Waals surface area contributed by atoms with Crippen molar-refractivity contribution in [1.29, 1.82) is 0 Å². The maximum atomic E-state index is 15.2. The number of carbonyl (C=O) groups excluding carboxylic acids is 7. The van der Waals surface area contributed by atoms with Crippen LogP contribution in [0.25, 0.3) is 22.5 Å². The number of aliphatic hydroxyl groups is 2. The molecule has 6 fully saturated rings. The Morgan fingerprint density at radius 3 is 1.11 bits per heavy atom. The quantitative estimate of drug-likeness (QED) is 0.0336. The molecule has 0 spiro atoms. The fraction of sp³-hybridized carbons (Fsp3) is 0.424. The number of alkyl halides is 7. The first-order chi connectivity index (χ1) is 65.8. The second-order valence-corrected chi connectivity index (χ2v) is 35.8. The first-order valence-corrected chi connectivity index (χ1v) is 44.0. The van der Waals surface area contributed by atoms with Crippen LogP contribution < -0.4 is 5.73 Å². The van der Waals surface area contributed by atoms with Crippen LogP contribution in [0.4, 0.5) is 74.1 Å². The van der Waals surface area contributed by atoms with E-state index in [4.69, 9.17) is 25.1 Å². The number of anilines is 1. The van der Waals surface area contributed by atoms with Crippen LogP contribution in [0.2, 0.25) is 0 Å². The molecule has 10 aromatic rings. The van der Waals surface area contributed by atoms with E-state index in [2.05, 4.69) is 85.7 Å². The van der Waals surface area contributed by atoms with E-state index in [0.29, 0.717) is 54.0 Å². The van der Waals surface area contributed by atoms with E-state index in [1.165, 1.54) is 104 Å². The molecule has 6 aliphatic rings. The van der Waals surface area contributed by atoms with Gasteiger partial charge in [-0.3, -0.25) is 34.3 Å². The van der Waals surface area contributed by atoms with E-state index in [-0.39, 0.29) is 159 Å². The van der Waals surface area contributed by atoms with Gasteiger partial charge in [0.05, 0.1) is 79.8 Å². The summed E-state index contributed by atoms with van der Waals surface area (Å²) in [6.07, 6.45) is 11.8. The molecule has 748 valence electrons. The van der Waals surface area contributed by atoms with E-state index in [1.54, 1.807) is 75.9 Å². The van der Waals surface area contributed by atoms with Gasteiger partial charge >= 0.3 is 30.4 Å². The Balaban J connectivity index is 0.000000188. The van der Waals surface area contributed by atoms with Crippen molar-refractivity contribution in [2.45, 2.75) is 165 Å². The number of amides is 6. The number of hydrogen-bond donors (Lipinski definition) is 3. The lowest BCUT2D eigenvalue weighted by Crippen LogP contribution is -2.41. The largest absolute Gasteiger partial charge is 0.471 e. The van der Waals surface area contributed by atoms with Crippen molar-refractivity contribution in [2.75, 3.05) is 91.4 Å². The molecule has 48 heteroatoms. The molecule has 0 saturated carbocycles. The molecular weight excluding hydrogens is 1930 g/mol. The van der Waals surface area contributed by atoms with Crippen molar-refractivity contribution in [3.05, 3.63) is 250 Å². The van der Waals surface area contributed by atoms with Crippen molar-refractivity contribution in [2.24, 2.45) is 0 Å². The standard InChI is InChI=1S/C21H16F3N5O3.C21H18F3N5O.C13H18FN3O2.C13H19N3O3.C10H9F4N3O.C9H15NO3.C4H3BrN2.CH4O/c22-13-2-3-14(15(23)10-13)16-4-5-18(29(31)32)17(27-16)11-19(30)28-9-6-21(24,12-28)20-25-7-1-8-26-20;22-13-2-3-14(15(23)10-13)17-5-4-16(25)18(28-17)11-19(30)29-9-6-21(24,12-29)20-26-7-1-8-27-20;1-12(2,3)19-11(18)17-8-5-13(14,9-17)10-15-6-4-7-16-10;1-12(2,3)19-11(17)16-8-5-13(18,9-16)10-14-6-4-7-15-10;11-9(7-15-3-1-4-16-7)2-5-17(6-9)8(18)10(12,13)14;1-9(2,3)13-8(12)10-5-4-7(11)6-10;5-4-6-2-1-3-7-4;1-2/h1-5,7-8,10H,6,9,11-12H2;1-5,7-8,10H,6,9,11-12,25H2;4,6-7H,5,8-9H2,1-3H3;4,6-7,18H,5,8-9H2,1-3H3;1,3-4H,2,5-6H2;4-6H2,1-3H3;1-3H;2H,1H3. The summed E-state index contributed by atoms with van der Waals surface area (Å²) < 4.78 is 167. The molecule has 16 rings (SSSR count). The fourth-order valence-electron chi connectivity index (χ4n) is 14.2. The number of halogens is 12. The number of aliphatic hydroxyl groups excluding tert-OH is 1. The molecule has 0 bridgehead atoms. The second kappa shape index (κ2) is 47.5. The number of nitrogen functional groups attached to an aromatic ring is 1. The summed E-state index contributed by atoms with van der Waals surface area (Å²) in [5.74, 6) is -5.71. The van der Waals surface area contributed by atoms with Crippen molar-refractivity contribution in [3.63, 3.8) is 0 Å². The van der Waals surface area contributed by atoms with Crippen molar-refractivity contribution in [3.8, 4) is 22.5 Å². The molecule has 5 unspecified atom stereocenters. The summed E-state index contributed by atoms with van der Waals surface area (Å²) in [4.78, 5) is 156. The number of Topliss-reactive ketones (excluding diaryl/α,β-unsaturated/α-hetero) is 1. The first-order valence-electron chi connectivity index (χ1n) is 43.2. The van der Waals surface area contributed by atoms with Crippen LogP contribution in [0.3, 0.4) is 0 Å². The number of β-amino-alcohol motifs (C(OH)–C–C–N with tert-alkyl or cyclic N) is 1. The molecule has 6 saturated heterocycles. The van der Waals surface area contributed by atoms with E-state index in [9.17, 15) is 88.3 Å². The lowest BCUT2D eigenvalue weighted by molar-refractivity contribution is -0.385. The van der Waals surface area contributed by atoms with Gasteiger partial charge in [-0.25, -0.2) is 114 Å². The van der Waals surface area contributed by atoms with Gasteiger partial charge in [0.15, 0.2) is 62.3 Å². The Labute approximate surface area is 804 Å². The number of ketones is 1. The van der Waals surface area contributed by atoms with E-state index in [1.807, 2.05) is 41.5 Å². The molecule has 8 aromatic heterocycles. The highest BCUT2D eigenvalue weighted by molar-refractivity contribution is 9.10. The molecule has 2 aromatic carbocycles. The summed E-state index contributed by atoms with van der Waals surface area (Å²) in [7, 11) is 1.00.